The first-order chi connectivity index (χ1) is 11.2. The number of rotatable bonds is 2. The van der Waals surface area contributed by atoms with E-state index in [4.69, 9.17) is 0 Å². The Kier molecular flexibility index (Phi) is 3.65. The minimum Gasteiger partial charge on any atom is -0.340 e. The van der Waals surface area contributed by atoms with Crippen molar-refractivity contribution in [3.63, 3.8) is 0 Å². The van der Waals surface area contributed by atoms with Gasteiger partial charge >= 0.3 is 0 Å². The van der Waals surface area contributed by atoms with E-state index in [0.29, 0.717) is 5.56 Å². The van der Waals surface area contributed by atoms with Crippen molar-refractivity contribution in [1.82, 2.24) is 14.9 Å². The molecule has 1 N–H and O–H groups in total. The molecule has 4 rings (SSSR count). The summed E-state index contributed by atoms with van der Waals surface area (Å²) < 4.78 is 0.834. The van der Waals surface area contributed by atoms with Crippen molar-refractivity contribution in [3.05, 3.63) is 64.4 Å². The monoisotopic (exact) mass is 369 g/mol. The number of aromatic amines is 1. The number of hydrogen-bond acceptors (Lipinski definition) is 2. The number of nitrogens with zero attached hydrogens (tertiary/aromatic N) is 2. The number of imidazole rings is 1. The third-order valence-electron chi connectivity index (χ3n) is 4.34. The second-order valence-electron chi connectivity index (χ2n) is 5.78. The minimum atomic E-state index is 0.0157. The maximum atomic E-state index is 12.9. The molecule has 1 saturated heterocycles. The fourth-order valence-electron chi connectivity index (χ4n) is 3.21. The molecule has 0 spiro atoms. The fourth-order valence-corrected chi connectivity index (χ4v) is 3.67. The molecule has 1 fully saturated rings. The molecule has 2 heterocycles. The van der Waals surface area contributed by atoms with E-state index in [2.05, 4.69) is 25.9 Å². The summed E-state index contributed by atoms with van der Waals surface area (Å²) in [4.78, 5) is 22.9. The lowest BCUT2D eigenvalue weighted by Crippen LogP contribution is -2.31. The Bertz CT molecular complexity index is 840. The van der Waals surface area contributed by atoms with Crippen LogP contribution in [0.4, 0.5) is 0 Å². The zero-order valence-corrected chi connectivity index (χ0v) is 14.1. The molecule has 3 aromatic rings. The van der Waals surface area contributed by atoms with Crippen LogP contribution in [0.2, 0.25) is 0 Å². The van der Waals surface area contributed by atoms with E-state index < -0.39 is 0 Å². The van der Waals surface area contributed by atoms with Crippen LogP contribution in [0, 0.1) is 0 Å². The van der Waals surface area contributed by atoms with Gasteiger partial charge in [-0.3, -0.25) is 4.79 Å². The summed E-state index contributed by atoms with van der Waals surface area (Å²) in [5, 5.41) is 0. The third kappa shape index (κ3) is 2.55. The maximum absolute atomic E-state index is 12.9. The predicted molar refractivity (Wildman–Crippen MR) is 93.2 cm³/mol. The summed E-state index contributed by atoms with van der Waals surface area (Å²) in [5.41, 5.74) is 2.67. The number of halogens is 1. The first kappa shape index (κ1) is 14.5. The van der Waals surface area contributed by atoms with Crippen molar-refractivity contribution in [2.45, 2.75) is 18.9 Å². The molecular weight excluding hydrogens is 354 g/mol. The van der Waals surface area contributed by atoms with Crippen LogP contribution < -0.4 is 0 Å². The van der Waals surface area contributed by atoms with Gasteiger partial charge < -0.3 is 9.88 Å². The summed E-state index contributed by atoms with van der Waals surface area (Å²) in [5.74, 6) is 0.935. The first-order valence-corrected chi connectivity index (χ1v) is 8.53. The molecule has 116 valence electrons. The highest BCUT2D eigenvalue weighted by atomic mass is 79.9. The summed E-state index contributed by atoms with van der Waals surface area (Å²) in [6.07, 6.45) is 1.94. The van der Waals surface area contributed by atoms with E-state index in [1.807, 2.05) is 53.4 Å². The smallest absolute Gasteiger partial charge is 0.255 e. The van der Waals surface area contributed by atoms with Crippen molar-refractivity contribution in [1.29, 1.82) is 0 Å². The number of benzene rings is 2. The molecule has 4 nitrogen and oxygen atoms in total. The van der Waals surface area contributed by atoms with Crippen LogP contribution in [0.1, 0.15) is 35.1 Å². The van der Waals surface area contributed by atoms with Crippen molar-refractivity contribution < 1.29 is 4.79 Å². The maximum Gasteiger partial charge on any atom is 0.255 e. The van der Waals surface area contributed by atoms with Crippen molar-refractivity contribution in [3.8, 4) is 0 Å². The molecule has 1 amide bonds. The van der Waals surface area contributed by atoms with E-state index in [9.17, 15) is 4.79 Å². The van der Waals surface area contributed by atoms with E-state index in [-0.39, 0.29) is 11.9 Å². The predicted octanol–water partition coefficient (Wildman–Crippen LogP) is 4.30. The van der Waals surface area contributed by atoms with Gasteiger partial charge in [0.1, 0.15) is 5.82 Å². The number of aromatic nitrogens is 2. The van der Waals surface area contributed by atoms with E-state index >= 15 is 0 Å². The number of carbonyl (C=O) groups is 1. The standard InChI is InChI=1S/C18H16BrN3O/c19-13-7-2-1-6-12(13)18(23)22-11-5-10-16(22)17-20-14-8-3-4-9-15(14)21-17/h1-4,6-9,16H,5,10-11H2,(H,20,21)/t16-/m0/s1. The van der Waals surface area contributed by atoms with Crippen LogP contribution >= 0.6 is 15.9 Å². The van der Waals surface area contributed by atoms with E-state index in [1.54, 1.807) is 0 Å². The molecule has 0 bridgehead atoms. The average Bonchev–Trinajstić information content (AvgIpc) is 3.21. The Morgan fingerprint density at radius 1 is 1.17 bits per heavy atom. The molecule has 1 aliphatic heterocycles. The number of para-hydroxylation sites is 2. The SMILES string of the molecule is O=C(c1ccccc1Br)N1CCC[C@H]1c1nc2ccccc2[nH]1. The first-order valence-electron chi connectivity index (χ1n) is 7.74. The van der Waals surface area contributed by atoms with Crippen LogP contribution in [0.25, 0.3) is 11.0 Å². The zero-order valence-electron chi connectivity index (χ0n) is 12.5. The minimum absolute atomic E-state index is 0.0157. The lowest BCUT2D eigenvalue weighted by molar-refractivity contribution is 0.0729. The number of carbonyl (C=O) groups excluding carboxylic acids is 1. The van der Waals surface area contributed by atoms with Crippen molar-refractivity contribution >= 4 is 32.9 Å². The Hall–Kier alpha value is -2.14. The van der Waals surface area contributed by atoms with E-state index in [1.165, 1.54) is 0 Å². The second kappa shape index (κ2) is 5.81. The summed E-state index contributed by atoms with van der Waals surface area (Å²) in [7, 11) is 0. The van der Waals surface area contributed by atoms with Gasteiger partial charge in [0, 0.05) is 11.0 Å². The Balaban J connectivity index is 1.69. The van der Waals surface area contributed by atoms with Gasteiger partial charge in [-0.2, -0.15) is 0 Å². The van der Waals surface area contributed by atoms with Crippen LogP contribution in [0.5, 0.6) is 0 Å². The topological polar surface area (TPSA) is 49.0 Å². The molecule has 23 heavy (non-hydrogen) atoms. The molecule has 5 heteroatoms. The van der Waals surface area contributed by atoms with Gasteiger partial charge in [-0.25, -0.2) is 4.98 Å². The highest BCUT2D eigenvalue weighted by molar-refractivity contribution is 9.10. The fraction of sp³-hybridized carbons (Fsp3) is 0.222. The lowest BCUT2D eigenvalue weighted by Gasteiger charge is -2.23. The van der Waals surface area contributed by atoms with Crippen molar-refractivity contribution in [2.24, 2.45) is 0 Å². The Morgan fingerprint density at radius 2 is 1.96 bits per heavy atom. The number of fused-ring (bicyclic) bond motifs is 1. The highest BCUT2D eigenvalue weighted by Gasteiger charge is 2.33. The number of amides is 1. The third-order valence-corrected chi connectivity index (χ3v) is 5.03. The second-order valence-corrected chi connectivity index (χ2v) is 6.63. The van der Waals surface area contributed by atoms with E-state index in [0.717, 1.165) is 40.7 Å². The number of H-pyrrole nitrogens is 1. The van der Waals surface area contributed by atoms with Gasteiger partial charge in [0.25, 0.3) is 5.91 Å². The average molecular weight is 370 g/mol. The van der Waals surface area contributed by atoms with Gasteiger partial charge in [-0.15, -0.1) is 0 Å². The summed E-state index contributed by atoms with van der Waals surface area (Å²) >= 11 is 3.48. The molecule has 0 aliphatic carbocycles. The molecule has 0 radical (unpaired) electrons. The van der Waals surface area contributed by atoms with Gasteiger partial charge in [-0.1, -0.05) is 24.3 Å². The molecule has 0 saturated carbocycles. The van der Waals surface area contributed by atoms with Crippen LogP contribution in [0.15, 0.2) is 53.0 Å². The number of likely N-dealkylation sites (tertiary alicyclic amines) is 1. The molecule has 1 atom stereocenters. The largest absolute Gasteiger partial charge is 0.340 e. The van der Waals surface area contributed by atoms with Crippen LogP contribution in [-0.4, -0.2) is 27.3 Å². The van der Waals surface area contributed by atoms with Gasteiger partial charge in [0.2, 0.25) is 0 Å². The quantitative estimate of drug-likeness (QED) is 0.731. The molecule has 1 aliphatic rings. The zero-order chi connectivity index (χ0) is 15.8. The van der Waals surface area contributed by atoms with Crippen LogP contribution in [-0.2, 0) is 0 Å². The Morgan fingerprint density at radius 3 is 2.78 bits per heavy atom. The van der Waals surface area contributed by atoms with Gasteiger partial charge in [-0.05, 0) is 53.0 Å². The normalized spacial score (nSPS) is 17.8. The van der Waals surface area contributed by atoms with Gasteiger partial charge in [0.05, 0.1) is 22.6 Å². The lowest BCUT2D eigenvalue weighted by atomic mass is 10.1. The molecular formula is C18H16BrN3O. The van der Waals surface area contributed by atoms with Crippen LogP contribution in [0.3, 0.4) is 0 Å². The molecule has 0 unspecified atom stereocenters. The van der Waals surface area contributed by atoms with Gasteiger partial charge in [0.15, 0.2) is 0 Å². The molecule has 2 aromatic carbocycles. The molecule has 1 aromatic heterocycles. The number of nitrogens with one attached hydrogen (secondary N) is 1. The summed E-state index contributed by atoms with van der Waals surface area (Å²) in [6.45, 7) is 0.766. The Labute approximate surface area is 142 Å². The van der Waals surface area contributed by atoms with Crippen molar-refractivity contribution in [2.75, 3.05) is 6.54 Å². The number of hydrogen-bond donors (Lipinski definition) is 1. The summed E-state index contributed by atoms with van der Waals surface area (Å²) in [6, 6.07) is 15.6. The highest BCUT2D eigenvalue weighted by Crippen LogP contribution is 2.33.